The summed E-state index contributed by atoms with van der Waals surface area (Å²) < 4.78 is 58.3. The summed E-state index contributed by atoms with van der Waals surface area (Å²) in [6.45, 7) is -1.92. The van der Waals surface area contributed by atoms with Crippen LogP contribution in [0.15, 0.2) is 28.8 Å². The molecule has 114 valence electrons. The zero-order valence-corrected chi connectivity index (χ0v) is 10.5. The average molecular weight is 306 g/mol. The van der Waals surface area contributed by atoms with Gasteiger partial charge in [-0.05, 0) is 24.3 Å². The third kappa shape index (κ3) is 3.91. The Hall–Kier alpha value is -2.16. The lowest BCUT2D eigenvalue weighted by Crippen LogP contribution is -2.32. The largest absolute Gasteiger partial charge is 0.508 e. The molecule has 0 fully saturated rings. The van der Waals surface area contributed by atoms with E-state index in [4.69, 9.17) is 9.63 Å². The van der Waals surface area contributed by atoms with Crippen LogP contribution >= 0.6 is 0 Å². The van der Waals surface area contributed by atoms with Crippen LogP contribution in [0.3, 0.4) is 0 Å². The maximum Gasteiger partial charge on any atom is 0.330 e. The molecule has 0 saturated carbocycles. The van der Waals surface area contributed by atoms with Crippen molar-refractivity contribution >= 4 is 0 Å². The van der Waals surface area contributed by atoms with E-state index in [2.05, 4.69) is 14.9 Å². The van der Waals surface area contributed by atoms with Gasteiger partial charge in [0, 0.05) is 5.56 Å². The summed E-state index contributed by atoms with van der Waals surface area (Å²) in [5, 5.41) is 12.6. The van der Waals surface area contributed by atoms with Crippen LogP contribution in [0.25, 0.3) is 11.5 Å². The van der Waals surface area contributed by atoms with Crippen LogP contribution in [-0.4, -0.2) is 34.2 Å². The van der Waals surface area contributed by atoms with Gasteiger partial charge < -0.3 is 14.4 Å². The third-order valence-electron chi connectivity index (χ3n) is 2.43. The zero-order valence-electron chi connectivity index (χ0n) is 10.5. The Balaban J connectivity index is 1.93. The van der Waals surface area contributed by atoms with Gasteiger partial charge in [-0.3, -0.25) is 0 Å². The Morgan fingerprint density at radius 2 is 1.90 bits per heavy atom. The van der Waals surface area contributed by atoms with Gasteiger partial charge in [0.05, 0.1) is 0 Å². The fraction of sp³-hybridized carbons (Fsp3) is 0.333. The number of aromatic hydroxyl groups is 1. The number of alkyl halides is 4. The SMILES string of the molecule is Oc1ccc(-c2nc(COCC(F)(F)C(F)F)no2)cc1. The topological polar surface area (TPSA) is 68.4 Å². The lowest BCUT2D eigenvalue weighted by Gasteiger charge is -2.14. The summed E-state index contributed by atoms with van der Waals surface area (Å²) in [5.74, 6) is -4.13. The smallest absolute Gasteiger partial charge is 0.330 e. The van der Waals surface area contributed by atoms with Crippen LogP contribution in [0, 0.1) is 0 Å². The standard InChI is InChI=1S/C12H10F4N2O3/c13-11(14)12(15,16)6-20-5-9-17-10(21-18-9)7-1-3-8(19)4-2-7/h1-4,11,19H,5-6H2. The molecule has 9 heteroatoms. The molecule has 1 aromatic carbocycles. The number of hydrogen-bond donors (Lipinski definition) is 1. The molecule has 1 heterocycles. The van der Waals surface area contributed by atoms with Crippen molar-refractivity contribution in [1.29, 1.82) is 0 Å². The van der Waals surface area contributed by atoms with Gasteiger partial charge >= 0.3 is 12.3 Å². The molecule has 0 aliphatic rings. The molecule has 2 aromatic rings. The van der Waals surface area contributed by atoms with Gasteiger partial charge in [0.1, 0.15) is 19.0 Å². The van der Waals surface area contributed by atoms with Crippen LogP contribution < -0.4 is 0 Å². The fourth-order valence-corrected chi connectivity index (χ4v) is 1.38. The van der Waals surface area contributed by atoms with E-state index in [9.17, 15) is 17.6 Å². The molecular weight excluding hydrogens is 296 g/mol. The van der Waals surface area contributed by atoms with Gasteiger partial charge in [-0.15, -0.1) is 0 Å². The Kier molecular flexibility index (Phi) is 4.41. The van der Waals surface area contributed by atoms with Crippen LogP contribution in [0.5, 0.6) is 5.75 Å². The van der Waals surface area contributed by atoms with E-state index in [0.717, 1.165) is 0 Å². The summed E-state index contributed by atoms with van der Waals surface area (Å²) in [6, 6.07) is 5.83. The summed E-state index contributed by atoms with van der Waals surface area (Å²) in [5.41, 5.74) is 0.504. The lowest BCUT2D eigenvalue weighted by molar-refractivity contribution is -0.168. The number of ether oxygens (including phenoxy) is 1. The van der Waals surface area contributed by atoms with Crippen molar-refractivity contribution in [2.75, 3.05) is 6.61 Å². The van der Waals surface area contributed by atoms with E-state index in [-0.39, 0.29) is 17.5 Å². The normalized spacial score (nSPS) is 12.0. The highest BCUT2D eigenvalue weighted by Gasteiger charge is 2.41. The summed E-state index contributed by atoms with van der Waals surface area (Å²) in [7, 11) is 0. The second-order valence-corrected chi connectivity index (χ2v) is 4.12. The first-order chi connectivity index (χ1) is 9.88. The van der Waals surface area contributed by atoms with E-state index in [1.165, 1.54) is 24.3 Å². The van der Waals surface area contributed by atoms with Crippen LogP contribution in [-0.2, 0) is 11.3 Å². The highest BCUT2D eigenvalue weighted by Crippen LogP contribution is 2.24. The molecule has 0 atom stereocenters. The molecule has 0 bridgehead atoms. The molecule has 21 heavy (non-hydrogen) atoms. The van der Waals surface area contributed by atoms with Crippen LogP contribution in [0.2, 0.25) is 0 Å². The zero-order chi connectivity index (χ0) is 15.5. The predicted octanol–water partition coefficient (Wildman–Crippen LogP) is 2.86. The number of benzene rings is 1. The number of halogens is 4. The van der Waals surface area contributed by atoms with Gasteiger partial charge in [0.25, 0.3) is 5.89 Å². The predicted molar refractivity (Wildman–Crippen MR) is 62.0 cm³/mol. The fourth-order valence-electron chi connectivity index (χ4n) is 1.38. The Bertz CT molecular complexity index is 586. The number of rotatable bonds is 6. The van der Waals surface area contributed by atoms with Crippen molar-refractivity contribution in [2.45, 2.75) is 19.0 Å². The summed E-state index contributed by atoms with van der Waals surface area (Å²) in [4.78, 5) is 3.86. The van der Waals surface area contributed by atoms with Crippen LogP contribution in [0.4, 0.5) is 17.6 Å². The van der Waals surface area contributed by atoms with Crippen molar-refractivity contribution in [3.05, 3.63) is 30.1 Å². The second kappa shape index (κ2) is 6.08. The molecule has 1 aromatic heterocycles. The molecule has 2 rings (SSSR count). The monoisotopic (exact) mass is 306 g/mol. The number of aromatic nitrogens is 2. The third-order valence-corrected chi connectivity index (χ3v) is 2.43. The van der Waals surface area contributed by atoms with E-state index < -0.39 is 25.6 Å². The Morgan fingerprint density at radius 3 is 2.52 bits per heavy atom. The molecule has 0 aliphatic heterocycles. The number of phenols is 1. The quantitative estimate of drug-likeness (QED) is 0.831. The van der Waals surface area contributed by atoms with Gasteiger partial charge in [-0.25, -0.2) is 8.78 Å². The van der Waals surface area contributed by atoms with E-state index in [1.807, 2.05) is 0 Å². The van der Waals surface area contributed by atoms with E-state index >= 15 is 0 Å². The minimum Gasteiger partial charge on any atom is -0.508 e. The molecule has 0 amide bonds. The van der Waals surface area contributed by atoms with Gasteiger partial charge in [-0.1, -0.05) is 5.16 Å². The lowest BCUT2D eigenvalue weighted by atomic mass is 10.2. The summed E-state index contributed by atoms with van der Waals surface area (Å²) >= 11 is 0. The first-order valence-electron chi connectivity index (χ1n) is 5.74. The number of phenolic OH excluding ortho intramolecular Hbond substituents is 1. The van der Waals surface area contributed by atoms with E-state index in [1.54, 1.807) is 0 Å². The molecule has 0 radical (unpaired) electrons. The average Bonchev–Trinajstić information content (AvgIpc) is 2.88. The van der Waals surface area contributed by atoms with Crippen LogP contribution in [0.1, 0.15) is 5.82 Å². The number of nitrogens with zero attached hydrogens (tertiary/aromatic N) is 2. The Morgan fingerprint density at radius 1 is 1.24 bits per heavy atom. The first kappa shape index (κ1) is 15.2. The van der Waals surface area contributed by atoms with Gasteiger partial charge in [0.15, 0.2) is 5.82 Å². The molecule has 0 saturated heterocycles. The van der Waals surface area contributed by atoms with E-state index in [0.29, 0.717) is 5.56 Å². The first-order valence-corrected chi connectivity index (χ1v) is 5.74. The molecule has 0 unspecified atom stereocenters. The minimum atomic E-state index is -4.22. The van der Waals surface area contributed by atoms with Crippen molar-refractivity contribution in [3.8, 4) is 17.2 Å². The maximum absolute atomic E-state index is 12.6. The highest BCUT2D eigenvalue weighted by atomic mass is 19.3. The number of hydrogen-bond acceptors (Lipinski definition) is 5. The molecule has 0 aliphatic carbocycles. The van der Waals surface area contributed by atoms with Crippen molar-refractivity contribution < 1.29 is 31.9 Å². The minimum absolute atomic E-state index is 0.0519. The van der Waals surface area contributed by atoms with Gasteiger partial charge in [0.2, 0.25) is 0 Å². The van der Waals surface area contributed by atoms with Crippen molar-refractivity contribution in [2.24, 2.45) is 0 Å². The molecule has 0 spiro atoms. The molecule has 5 nitrogen and oxygen atoms in total. The van der Waals surface area contributed by atoms with Crippen molar-refractivity contribution in [1.82, 2.24) is 10.1 Å². The maximum atomic E-state index is 12.6. The van der Waals surface area contributed by atoms with Crippen molar-refractivity contribution in [3.63, 3.8) is 0 Å². The van der Waals surface area contributed by atoms with Gasteiger partial charge in [-0.2, -0.15) is 13.8 Å². The Labute approximate surface area is 116 Å². The molecule has 1 N–H and O–H groups in total. The second-order valence-electron chi connectivity index (χ2n) is 4.12. The molecular formula is C12H10F4N2O3. The summed E-state index contributed by atoms with van der Waals surface area (Å²) in [6.07, 6.45) is -3.80. The highest BCUT2D eigenvalue weighted by molar-refractivity contribution is 5.53.